The molecule has 0 heterocycles. The molecule has 0 aromatic heterocycles. The van der Waals surface area contributed by atoms with Crippen molar-refractivity contribution in [2.24, 2.45) is 0 Å². The topological polar surface area (TPSA) is 46.2 Å². The minimum absolute atomic E-state index is 0.0703. The van der Waals surface area contributed by atoms with E-state index in [1.807, 2.05) is 0 Å². The van der Waals surface area contributed by atoms with Gasteiger partial charge in [0.2, 0.25) is 5.91 Å². The Morgan fingerprint density at radius 1 is 1.10 bits per heavy atom. The molecule has 1 N–H and O–H groups in total. The van der Waals surface area contributed by atoms with Gasteiger partial charge in [-0.25, -0.2) is 4.39 Å². The maximum atomic E-state index is 13.0. The van der Waals surface area contributed by atoms with Crippen LogP contribution in [0.2, 0.25) is 5.02 Å². The van der Waals surface area contributed by atoms with Gasteiger partial charge in [-0.1, -0.05) is 11.6 Å². The van der Waals surface area contributed by atoms with Crippen molar-refractivity contribution in [2.75, 3.05) is 5.32 Å². The highest BCUT2D eigenvalue weighted by atomic mass is 35.5. The molecule has 0 fully saturated rings. The molecule has 5 heteroatoms. The van der Waals surface area contributed by atoms with Crippen molar-refractivity contribution in [2.45, 2.75) is 6.92 Å². The first-order valence-electron chi connectivity index (χ1n) is 5.85. The molecular formula is C15H11ClFNO2. The van der Waals surface area contributed by atoms with Crippen molar-refractivity contribution in [3.05, 3.63) is 64.4 Å². The Hall–Kier alpha value is -2.20. The maximum Gasteiger partial charge on any atom is 0.221 e. The lowest BCUT2D eigenvalue weighted by Gasteiger charge is -2.06. The van der Waals surface area contributed by atoms with Crippen LogP contribution in [0.1, 0.15) is 22.8 Å². The number of rotatable bonds is 3. The fourth-order valence-corrected chi connectivity index (χ4v) is 1.99. The van der Waals surface area contributed by atoms with Crippen molar-refractivity contribution in [1.82, 2.24) is 0 Å². The molecule has 0 radical (unpaired) electrons. The molecular weight excluding hydrogens is 281 g/mol. The summed E-state index contributed by atoms with van der Waals surface area (Å²) in [5.74, 6) is -0.984. The quantitative estimate of drug-likeness (QED) is 0.877. The number of carbonyl (C=O) groups is 2. The van der Waals surface area contributed by atoms with Crippen molar-refractivity contribution >= 4 is 29.0 Å². The predicted molar refractivity (Wildman–Crippen MR) is 75.6 cm³/mol. The fourth-order valence-electron chi connectivity index (χ4n) is 1.74. The number of hydrogen-bond donors (Lipinski definition) is 1. The Balaban J connectivity index is 2.27. The second kappa shape index (κ2) is 5.84. The molecule has 0 aliphatic carbocycles. The summed E-state index contributed by atoms with van der Waals surface area (Å²) < 4.78 is 13.0. The lowest BCUT2D eigenvalue weighted by molar-refractivity contribution is -0.114. The lowest BCUT2D eigenvalue weighted by Crippen LogP contribution is -2.06. The van der Waals surface area contributed by atoms with Gasteiger partial charge in [0, 0.05) is 23.7 Å². The molecule has 102 valence electrons. The fraction of sp³-hybridized carbons (Fsp3) is 0.0667. The number of anilines is 1. The van der Waals surface area contributed by atoms with Gasteiger partial charge in [-0.15, -0.1) is 0 Å². The van der Waals surface area contributed by atoms with E-state index in [4.69, 9.17) is 11.6 Å². The van der Waals surface area contributed by atoms with Gasteiger partial charge in [0.05, 0.1) is 5.02 Å². The van der Waals surface area contributed by atoms with Gasteiger partial charge in [-0.3, -0.25) is 9.59 Å². The van der Waals surface area contributed by atoms with E-state index in [0.29, 0.717) is 11.3 Å². The third-order valence-corrected chi connectivity index (χ3v) is 2.96. The standard InChI is InChI=1S/C15H11ClFNO2/c1-9(19)18-12-5-2-10(3-6-12)15(20)13-7-4-11(17)8-14(13)16/h2-8H,1H3,(H,18,19). The summed E-state index contributed by atoms with van der Waals surface area (Å²) in [5.41, 5.74) is 1.24. The summed E-state index contributed by atoms with van der Waals surface area (Å²) in [5, 5.41) is 2.67. The number of nitrogens with one attached hydrogen (secondary N) is 1. The monoisotopic (exact) mass is 291 g/mol. The Morgan fingerprint density at radius 2 is 1.75 bits per heavy atom. The lowest BCUT2D eigenvalue weighted by atomic mass is 10.0. The first-order chi connectivity index (χ1) is 9.47. The van der Waals surface area contributed by atoms with Crippen molar-refractivity contribution < 1.29 is 14.0 Å². The average molecular weight is 292 g/mol. The number of halogens is 2. The van der Waals surface area contributed by atoms with Gasteiger partial charge in [0.15, 0.2) is 5.78 Å². The zero-order valence-electron chi connectivity index (χ0n) is 10.6. The van der Waals surface area contributed by atoms with Crippen LogP contribution in [0.4, 0.5) is 10.1 Å². The molecule has 2 aromatic rings. The summed E-state index contributed by atoms with van der Waals surface area (Å²) in [6.45, 7) is 1.40. The third kappa shape index (κ3) is 3.22. The number of benzene rings is 2. The summed E-state index contributed by atoms with van der Waals surface area (Å²) in [6.07, 6.45) is 0. The maximum absolute atomic E-state index is 13.0. The predicted octanol–water partition coefficient (Wildman–Crippen LogP) is 3.67. The van der Waals surface area contributed by atoms with Crippen LogP contribution in [0.5, 0.6) is 0 Å². The van der Waals surface area contributed by atoms with Crippen LogP contribution in [0.3, 0.4) is 0 Å². The molecule has 2 rings (SSSR count). The number of ketones is 1. The van der Waals surface area contributed by atoms with E-state index in [2.05, 4.69) is 5.32 Å². The van der Waals surface area contributed by atoms with Crippen LogP contribution in [0, 0.1) is 5.82 Å². The third-order valence-electron chi connectivity index (χ3n) is 2.64. The molecule has 1 amide bonds. The molecule has 0 saturated heterocycles. The van der Waals surface area contributed by atoms with Crippen molar-refractivity contribution in [3.8, 4) is 0 Å². The minimum Gasteiger partial charge on any atom is -0.326 e. The van der Waals surface area contributed by atoms with Gasteiger partial charge in [-0.2, -0.15) is 0 Å². The smallest absolute Gasteiger partial charge is 0.221 e. The summed E-state index contributed by atoms with van der Waals surface area (Å²) in [4.78, 5) is 23.1. The van der Waals surface area contributed by atoms with E-state index in [0.717, 1.165) is 6.07 Å². The van der Waals surface area contributed by atoms with Gasteiger partial charge >= 0.3 is 0 Å². The Kier molecular flexibility index (Phi) is 4.15. The van der Waals surface area contributed by atoms with Gasteiger partial charge in [-0.05, 0) is 42.5 Å². The molecule has 0 bridgehead atoms. The second-order valence-corrected chi connectivity index (χ2v) is 4.62. The largest absolute Gasteiger partial charge is 0.326 e. The second-order valence-electron chi connectivity index (χ2n) is 4.21. The zero-order chi connectivity index (χ0) is 14.7. The molecule has 20 heavy (non-hydrogen) atoms. The molecule has 0 aliphatic heterocycles. The van der Waals surface area contributed by atoms with E-state index in [1.54, 1.807) is 24.3 Å². The van der Waals surface area contributed by atoms with E-state index in [-0.39, 0.29) is 22.3 Å². The highest BCUT2D eigenvalue weighted by molar-refractivity contribution is 6.35. The van der Waals surface area contributed by atoms with Crippen molar-refractivity contribution in [1.29, 1.82) is 0 Å². The van der Waals surface area contributed by atoms with Gasteiger partial charge < -0.3 is 5.32 Å². The number of carbonyl (C=O) groups excluding carboxylic acids is 2. The Labute approximate surface area is 120 Å². The van der Waals surface area contributed by atoms with Crippen LogP contribution in [0.25, 0.3) is 0 Å². The molecule has 0 unspecified atom stereocenters. The van der Waals surface area contributed by atoms with Crippen LogP contribution < -0.4 is 5.32 Å². The summed E-state index contributed by atoms with van der Waals surface area (Å²) >= 11 is 5.86. The normalized spacial score (nSPS) is 10.2. The molecule has 0 atom stereocenters. The number of amides is 1. The van der Waals surface area contributed by atoms with Crippen molar-refractivity contribution in [3.63, 3.8) is 0 Å². The van der Waals surface area contributed by atoms with E-state index in [1.165, 1.54) is 19.1 Å². The molecule has 3 nitrogen and oxygen atoms in total. The molecule has 0 saturated carbocycles. The molecule has 2 aromatic carbocycles. The van der Waals surface area contributed by atoms with Crippen LogP contribution >= 0.6 is 11.6 Å². The van der Waals surface area contributed by atoms with Crippen LogP contribution in [-0.4, -0.2) is 11.7 Å². The first-order valence-corrected chi connectivity index (χ1v) is 6.22. The van der Waals surface area contributed by atoms with Gasteiger partial charge in [0.25, 0.3) is 0 Å². The summed E-state index contributed by atoms with van der Waals surface area (Å²) in [7, 11) is 0. The van der Waals surface area contributed by atoms with Crippen LogP contribution in [-0.2, 0) is 4.79 Å². The zero-order valence-corrected chi connectivity index (χ0v) is 11.4. The minimum atomic E-state index is -0.493. The summed E-state index contributed by atoms with van der Waals surface area (Å²) in [6, 6.07) is 10.0. The Morgan fingerprint density at radius 3 is 2.30 bits per heavy atom. The van der Waals surface area contributed by atoms with E-state index < -0.39 is 5.82 Å². The van der Waals surface area contributed by atoms with E-state index in [9.17, 15) is 14.0 Å². The Bertz CT molecular complexity index is 668. The number of hydrogen-bond acceptors (Lipinski definition) is 2. The average Bonchev–Trinajstić information content (AvgIpc) is 2.38. The van der Waals surface area contributed by atoms with Gasteiger partial charge in [0.1, 0.15) is 5.82 Å². The SMILES string of the molecule is CC(=O)Nc1ccc(C(=O)c2ccc(F)cc2Cl)cc1. The van der Waals surface area contributed by atoms with Crippen LogP contribution in [0.15, 0.2) is 42.5 Å². The highest BCUT2D eigenvalue weighted by Crippen LogP contribution is 2.21. The first kappa shape index (κ1) is 14.2. The van der Waals surface area contributed by atoms with E-state index >= 15 is 0 Å². The highest BCUT2D eigenvalue weighted by Gasteiger charge is 2.13. The molecule has 0 spiro atoms. The molecule has 0 aliphatic rings.